The molecule has 2 aliphatic heterocycles. The zero-order chi connectivity index (χ0) is 88.9. The van der Waals surface area contributed by atoms with Crippen LogP contribution in [-0.4, -0.2) is 188 Å². The topological polar surface area (TPSA) is 397 Å². The maximum absolute atomic E-state index is 13.4. The third kappa shape index (κ3) is 37.2. The first-order valence-electron chi connectivity index (χ1n) is 38.3. The molecular weight excluding hydrogens is 1720 g/mol. The number of hydrogen-bond acceptors (Lipinski definition) is 23. The number of fused-ring (bicyclic) bond motifs is 2. The molecule has 4 aromatic rings. The monoisotopic (exact) mass is 1830 g/mol. The molecule has 2 aromatic carbocycles. The Balaban J connectivity index is 0.000000559. The van der Waals surface area contributed by atoms with Crippen LogP contribution >= 0.6 is 69.6 Å². The number of carbonyl (C=O) groups is 9. The first-order valence-corrected chi connectivity index (χ1v) is 45.4. The number of hydrogen-bond donors (Lipinski definition) is 7. The summed E-state index contributed by atoms with van der Waals surface area (Å²) in [6.45, 7) is 31.4. The molecule has 8 rings (SSSR count). The van der Waals surface area contributed by atoms with E-state index in [0.29, 0.717) is 63.9 Å². The normalized spacial score (nSPS) is 18.0. The quantitative estimate of drug-likeness (QED) is 0.0107. The Morgan fingerprint density at radius 2 is 1.02 bits per heavy atom. The fourth-order valence-corrected chi connectivity index (χ4v) is 14.2. The fourth-order valence-electron chi connectivity index (χ4n) is 10.9. The number of nitrogens with zero attached hydrogens (tertiary/aromatic N) is 4. The average molecular weight is 1830 g/mol. The molecular formula is C79H113Cl6F3LiN9O19SSi. The molecule has 4 aliphatic rings. The predicted molar refractivity (Wildman–Crippen MR) is 449 cm³/mol. The van der Waals surface area contributed by atoms with Gasteiger partial charge in [0.25, 0.3) is 11.8 Å². The van der Waals surface area contributed by atoms with Gasteiger partial charge in [0.05, 0.1) is 47.0 Å². The van der Waals surface area contributed by atoms with Crippen molar-refractivity contribution in [2.24, 2.45) is 34.5 Å². The fraction of sp³-hybridized carbons (Fsp3) is 0.608. The molecule has 2 aliphatic carbocycles. The molecule has 40 heteroatoms. The SMILES string of the molecule is CC(C)C(=O)OC(C)(C)C.CC(C)[C@H](C)C(=O)N[C@@H](C)C(=O)N1CCC[C@@H](C(=O)OCC(Cl)(Cl)Cl)N1.CC(C)[C@H](NC(=O)C1(/C=C/c2cc3cc([C@@H](C)O)ccc3cn2)CC1)C(=O)N[C@@H](C)C(=O)N1CCC[C@@H](C(=O)OCC(Cl)(Cl)Cl)N1.CCOC(=O)C1(/C=C/c2cc3cc([C@@H](C)O)ccc3cn2)CC1.C[Si](C)(C)OS(=O)(=O)C(F)(F)F.[Li+].[OH-]. The predicted octanol–water partition coefficient (Wildman–Crippen LogP) is 10.5. The Morgan fingerprint density at radius 1 is 0.613 bits per heavy atom. The van der Waals surface area contributed by atoms with E-state index in [9.17, 15) is 75.0 Å². The molecule has 662 valence electrons. The van der Waals surface area contributed by atoms with Crippen molar-refractivity contribution in [3.8, 4) is 0 Å². The summed E-state index contributed by atoms with van der Waals surface area (Å²) in [5.41, 5.74) is 1.95. The summed E-state index contributed by atoms with van der Waals surface area (Å²) in [7, 11) is -8.10. The number of nitrogens with one attached hydrogen (secondary N) is 5. The van der Waals surface area contributed by atoms with E-state index >= 15 is 0 Å². The summed E-state index contributed by atoms with van der Waals surface area (Å²) in [6.07, 6.45) is 14.9. The smallest absolute Gasteiger partial charge is 0.870 e. The number of carbonyl (C=O) groups excluding carboxylic acids is 9. The van der Waals surface area contributed by atoms with Gasteiger partial charge in [-0.05, 0) is 197 Å². The second-order valence-electron chi connectivity index (χ2n) is 32.0. The van der Waals surface area contributed by atoms with Gasteiger partial charge in [0.1, 0.15) is 49.0 Å². The summed E-state index contributed by atoms with van der Waals surface area (Å²) < 4.78 is 76.4. The van der Waals surface area contributed by atoms with Crippen molar-refractivity contribution in [3.05, 3.63) is 95.6 Å². The summed E-state index contributed by atoms with van der Waals surface area (Å²) in [6, 6.07) is 11.3. The molecule has 0 unspecified atom stereocenters. The van der Waals surface area contributed by atoms with Gasteiger partial charge in [-0.25, -0.2) is 10.9 Å². The van der Waals surface area contributed by atoms with Crippen molar-refractivity contribution in [1.82, 2.24) is 46.8 Å². The molecule has 2 aromatic heterocycles. The summed E-state index contributed by atoms with van der Waals surface area (Å²) in [4.78, 5) is 121. The maximum Gasteiger partial charge on any atom is 1.00 e. The molecule has 28 nitrogen and oxygen atoms in total. The Labute approximate surface area is 737 Å². The van der Waals surface area contributed by atoms with Gasteiger partial charge in [0.15, 0.2) is 0 Å². The molecule has 2 saturated heterocycles. The van der Waals surface area contributed by atoms with Crippen LogP contribution < -0.4 is 45.7 Å². The number of benzene rings is 2. The van der Waals surface area contributed by atoms with Gasteiger partial charge in [-0.1, -0.05) is 154 Å². The number of aliphatic hydroxyl groups is 2. The summed E-state index contributed by atoms with van der Waals surface area (Å²) in [5, 5.41) is 34.5. The number of amides is 5. The van der Waals surface area contributed by atoms with Gasteiger partial charge in [-0.2, -0.15) is 21.6 Å². The van der Waals surface area contributed by atoms with Gasteiger partial charge in [-0.3, -0.25) is 63.1 Å². The van der Waals surface area contributed by atoms with Crippen LogP contribution in [0.25, 0.3) is 33.7 Å². The molecule has 8 N–H and O–H groups in total. The largest absolute Gasteiger partial charge is 1.00 e. The van der Waals surface area contributed by atoms with Crippen LogP contribution in [0.15, 0.2) is 73.1 Å². The Kier molecular flexibility index (Phi) is 43.3. The minimum atomic E-state index is -5.39. The van der Waals surface area contributed by atoms with E-state index in [4.69, 9.17) is 88.6 Å². The number of aliphatic hydroxyl groups excluding tert-OH is 2. The second-order valence-corrected chi connectivity index (χ2v) is 43.3. The number of rotatable bonds is 25. The third-order valence-electron chi connectivity index (χ3n) is 18.2. The molecule has 4 fully saturated rings. The van der Waals surface area contributed by atoms with Crippen LogP contribution in [0.4, 0.5) is 13.2 Å². The van der Waals surface area contributed by atoms with Crippen LogP contribution in [0.1, 0.15) is 190 Å². The van der Waals surface area contributed by atoms with Crippen LogP contribution in [0.3, 0.4) is 0 Å². The van der Waals surface area contributed by atoms with Crippen LogP contribution in [0.5, 0.6) is 0 Å². The van der Waals surface area contributed by atoms with E-state index in [0.717, 1.165) is 51.2 Å². The van der Waals surface area contributed by atoms with Crippen molar-refractivity contribution in [3.63, 3.8) is 0 Å². The van der Waals surface area contributed by atoms with E-state index < -0.39 is 115 Å². The summed E-state index contributed by atoms with van der Waals surface area (Å²) in [5.74, 6) is -3.59. The van der Waals surface area contributed by atoms with Crippen molar-refractivity contribution < 1.29 is 122 Å². The number of ether oxygens (including phenoxy) is 4. The molecule has 0 bridgehead atoms. The molecule has 119 heavy (non-hydrogen) atoms. The number of alkyl halides is 9. The van der Waals surface area contributed by atoms with Gasteiger partial charge in [-0.15, -0.1) is 0 Å². The Hall–Kier alpha value is -5.98. The maximum atomic E-state index is 13.4. The first-order chi connectivity index (χ1) is 53.8. The minimum Gasteiger partial charge on any atom is -0.870 e. The second kappa shape index (κ2) is 47.2. The standard InChI is InChI=1S/C32H40Cl3N5O6.C19H21NO3.C16H26Cl3N3O4.C8H16O2.C4H9F3O3SSi.Li.H2O/c1-18(2)26(27(42)37-19(3)28(43)40-13-5-6-25(39-40)29(44)46-17-32(33,34)35)38-30(45)31(11-12-31)10-9-24-15-23-14-21(20(4)41)7-8-22(23)16-36-24;1-3-23-18(22)19(8-9-19)7-6-17-11-16-10-14(13(2)21)4-5-15(16)12-20-17;1-9(2)10(3)13(23)20-11(4)14(24)22-7-5-6-12(21-22)15(25)26-8-16(17,18)19;1-6(2)7(9)10-8(3,4)5;1-12(2,3)10-11(8,9)4(5,6)7;;/h7-10,14-16,18-20,25-26,39,41H,5-6,11-13,17H2,1-4H3,(H,37,42)(H,38,45);4-7,10-13,21H,3,8-9H2,1-2H3;9-12,21H,5-8H2,1-4H3,(H,20,23);6H,1-5H3;1-3H3;;1H2/q;;;;;+1;/p-1/b10-9+;7-6+;;;;;/t19-,20+,25-,26-;13-;10-,11-,12-;;;;/m010..../s1. The number of hydrazine groups is 2. The van der Waals surface area contributed by atoms with Crippen LogP contribution in [0.2, 0.25) is 19.6 Å². The molecule has 4 heterocycles. The molecule has 2 saturated carbocycles. The van der Waals surface area contributed by atoms with E-state index in [1.54, 1.807) is 33.0 Å². The van der Waals surface area contributed by atoms with Crippen LogP contribution in [-0.2, 0) is 76.1 Å². The first kappa shape index (κ1) is 109. The van der Waals surface area contributed by atoms with E-state index in [2.05, 4.69) is 40.6 Å². The Bertz CT molecular complexity index is 4270. The zero-order valence-corrected chi connectivity index (χ0v) is 77.0. The number of halogens is 9. The molecule has 5 amide bonds. The number of esters is 4. The van der Waals surface area contributed by atoms with E-state index in [-0.39, 0.29) is 89.9 Å². The van der Waals surface area contributed by atoms with Crippen LogP contribution in [0, 0.1) is 34.5 Å². The van der Waals surface area contributed by atoms with Crippen molar-refractivity contribution in [1.29, 1.82) is 0 Å². The average Bonchev–Trinajstić information content (AvgIpc) is 1.63. The molecule has 0 spiro atoms. The third-order valence-corrected chi connectivity index (χ3v) is 22.3. The zero-order valence-electron chi connectivity index (χ0n) is 70.6. The van der Waals surface area contributed by atoms with Gasteiger partial charge < -0.3 is 54.5 Å². The van der Waals surface area contributed by atoms with Crippen molar-refractivity contribution in [2.75, 3.05) is 32.9 Å². The van der Waals surface area contributed by atoms with Crippen molar-refractivity contribution >= 4 is 175 Å². The van der Waals surface area contributed by atoms with E-state index in [1.165, 1.54) is 36.6 Å². The minimum absolute atomic E-state index is 0. The van der Waals surface area contributed by atoms with Gasteiger partial charge in [0, 0.05) is 42.2 Å². The van der Waals surface area contributed by atoms with Gasteiger partial charge in [0.2, 0.25) is 33.6 Å². The number of pyridine rings is 2. The number of aromatic nitrogens is 2. The molecule has 0 radical (unpaired) electrons. The summed E-state index contributed by atoms with van der Waals surface area (Å²) >= 11 is 33.6. The van der Waals surface area contributed by atoms with Crippen molar-refractivity contribution in [2.45, 2.75) is 236 Å². The Morgan fingerprint density at radius 3 is 1.34 bits per heavy atom. The van der Waals surface area contributed by atoms with Gasteiger partial charge >= 0.3 is 58.4 Å². The van der Waals surface area contributed by atoms with E-state index in [1.807, 2.05) is 149 Å². The molecule has 8 atom stereocenters.